The van der Waals surface area contributed by atoms with E-state index in [9.17, 15) is 4.79 Å². The van der Waals surface area contributed by atoms with Crippen molar-refractivity contribution in [1.82, 2.24) is 4.57 Å². The normalized spacial score (nSPS) is 10.8. The molecule has 0 aliphatic carbocycles. The standard InChI is InChI=1S/C21H29N3O.C8H10/c1-7-12-23(8-2)18-10-9-11-19(13-18)24-15(3)20(14-22-6)21(16(24)4)17(5)25;1-7-3-5-8(2)6-4-7/h9-11,13-14H,7-8,12H2,1-6H3;3-6H,1-2H3. The first-order chi connectivity index (χ1) is 15.7. The summed E-state index contributed by atoms with van der Waals surface area (Å²) in [5.74, 6) is 0.0755. The fraction of sp³-hybridized carbons (Fsp3) is 0.379. The number of ketones is 1. The van der Waals surface area contributed by atoms with E-state index in [1.54, 1.807) is 20.2 Å². The van der Waals surface area contributed by atoms with Gasteiger partial charge in [0.2, 0.25) is 0 Å². The highest BCUT2D eigenvalue weighted by molar-refractivity contribution is 6.04. The fourth-order valence-electron chi connectivity index (χ4n) is 4.18. The molecule has 0 saturated heterocycles. The summed E-state index contributed by atoms with van der Waals surface area (Å²) in [5.41, 5.74) is 8.64. The van der Waals surface area contributed by atoms with E-state index in [1.807, 2.05) is 13.8 Å². The summed E-state index contributed by atoms with van der Waals surface area (Å²) >= 11 is 0. The van der Waals surface area contributed by atoms with Crippen LogP contribution in [-0.4, -0.2) is 36.7 Å². The molecule has 0 fully saturated rings. The largest absolute Gasteiger partial charge is 0.372 e. The van der Waals surface area contributed by atoms with Crippen LogP contribution in [0.25, 0.3) is 5.69 Å². The lowest BCUT2D eigenvalue weighted by Crippen LogP contribution is -2.23. The van der Waals surface area contributed by atoms with Gasteiger partial charge in [0, 0.05) is 60.2 Å². The average molecular weight is 446 g/mol. The maximum Gasteiger partial charge on any atom is 0.162 e. The summed E-state index contributed by atoms with van der Waals surface area (Å²) in [6, 6.07) is 17.0. The molecule has 4 heteroatoms. The molecule has 3 rings (SSSR count). The number of benzene rings is 2. The number of aryl methyl sites for hydroxylation is 2. The van der Waals surface area contributed by atoms with Crippen LogP contribution in [-0.2, 0) is 0 Å². The zero-order valence-corrected chi connectivity index (χ0v) is 21.6. The van der Waals surface area contributed by atoms with Crippen molar-refractivity contribution in [3.63, 3.8) is 0 Å². The molecule has 1 heterocycles. The summed E-state index contributed by atoms with van der Waals surface area (Å²) in [7, 11) is 1.74. The van der Waals surface area contributed by atoms with Crippen molar-refractivity contribution in [2.24, 2.45) is 4.99 Å². The summed E-state index contributed by atoms with van der Waals surface area (Å²) in [5, 5.41) is 0. The molecule has 33 heavy (non-hydrogen) atoms. The fourth-order valence-corrected chi connectivity index (χ4v) is 4.18. The van der Waals surface area contributed by atoms with Crippen molar-refractivity contribution >= 4 is 17.7 Å². The second-order valence-corrected chi connectivity index (χ2v) is 8.49. The van der Waals surface area contributed by atoms with Gasteiger partial charge >= 0.3 is 0 Å². The lowest BCUT2D eigenvalue weighted by molar-refractivity contribution is 0.101. The molecule has 0 spiro atoms. The second-order valence-electron chi connectivity index (χ2n) is 8.49. The molecule has 0 aliphatic rings. The van der Waals surface area contributed by atoms with Crippen LogP contribution < -0.4 is 4.90 Å². The Hall–Kier alpha value is -3.14. The number of rotatable bonds is 7. The van der Waals surface area contributed by atoms with Crippen molar-refractivity contribution in [2.45, 2.75) is 54.9 Å². The van der Waals surface area contributed by atoms with Gasteiger partial charge in [-0.25, -0.2) is 0 Å². The minimum Gasteiger partial charge on any atom is -0.372 e. The molecular formula is C29H39N3O. The van der Waals surface area contributed by atoms with Gasteiger partial charge in [-0.15, -0.1) is 0 Å². The number of nitrogens with zero attached hydrogens (tertiary/aromatic N) is 3. The first-order valence-electron chi connectivity index (χ1n) is 11.8. The van der Waals surface area contributed by atoms with Gasteiger partial charge in [-0.1, -0.05) is 48.4 Å². The molecule has 176 valence electrons. The van der Waals surface area contributed by atoms with Crippen LogP contribution in [0.2, 0.25) is 0 Å². The van der Waals surface area contributed by atoms with E-state index in [2.05, 4.69) is 90.7 Å². The van der Waals surface area contributed by atoms with Crippen LogP contribution in [0.4, 0.5) is 5.69 Å². The first-order valence-corrected chi connectivity index (χ1v) is 11.8. The molecule has 0 N–H and O–H groups in total. The van der Waals surface area contributed by atoms with E-state index < -0.39 is 0 Å². The van der Waals surface area contributed by atoms with E-state index >= 15 is 0 Å². The Morgan fingerprint density at radius 3 is 2.06 bits per heavy atom. The van der Waals surface area contributed by atoms with Gasteiger partial charge in [0.05, 0.1) is 0 Å². The van der Waals surface area contributed by atoms with Crippen molar-refractivity contribution in [3.05, 3.63) is 82.2 Å². The zero-order chi connectivity index (χ0) is 24.5. The van der Waals surface area contributed by atoms with Gasteiger partial charge in [-0.3, -0.25) is 9.79 Å². The third-order valence-electron chi connectivity index (χ3n) is 5.85. The van der Waals surface area contributed by atoms with E-state index in [0.29, 0.717) is 0 Å². The molecule has 0 amide bonds. The number of anilines is 1. The molecule has 4 nitrogen and oxygen atoms in total. The molecule has 0 bridgehead atoms. The molecule has 2 aromatic carbocycles. The van der Waals surface area contributed by atoms with Crippen molar-refractivity contribution in [2.75, 3.05) is 25.0 Å². The van der Waals surface area contributed by atoms with Crippen molar-refractivity contribution in [3.8, 4) is 5.69 Å². The second kappa shape index (κ2) is 12.2. The van der Waals surface area contributed by atoms with Crippen molar-refractivity contribution in [1.29, 1.82) is 0 Å². The lowest BCUT2D eigenvalue weighted by Gasteiger charge is -2.23. The molecule has 3 aromatic rings. The SMILES string of the molecule is CCCN(CC)c1cccc(-n2c(C)c(C=NC)c(C(C)=O)c2C)c1.Cc1ccc(C)cc1. The van der Waals surface area contributed by atoms with E-state index in [1.165, 1.54) is 16.8 Å². The number of hydrogen-bond donors (Lipinski definition) is 0. The molecule has 0 saturated carbocycles. The van der Waals surface area contributed by atoms with Crippen LogP contribution in [0.1, 0.15) is 65.6 Å². The molecule has 0 unspecified atom stereocenters. The Kier molecular flexibility index (Phi) is 9.65. The Labute approximate surface area is 200 Å². The molecular weight excluding hydrogens is 406 g/mol. The Morgan fingerprint density at radius 2 is 1.58 bits per heavy atom. The Bertz CT molecular complexity index is 1070. The highest BCUT2D eigenvalue weighted by Crippen LogP contribution is 2.28. The average Bonchev–Trinajstić information content (AvgIpc) is 3.04. The van der Waals surface area contributed by atoms with Crippen LogP contribution in [0.5, 0.6) is 0 Å². The van der Waals surface area contributed by atoms with Gasteiger partial charge in [0.15, 0.2) is 5.78 Å². The van der Waals surface area contributed by atoms with Crippen LogP contribution in [0.15, 0.2) is 53.5 Å². The van der Waals surface area contributed by atoms with Gasteiger partial charge < -0.3 is 9.47 Å². The summed E-state index contributed by atoms with van der Waals surface area (Å²) in [4.78, 5) is 18.7. The van der Waals surface area contributed by atoms with Crippen LogP contribution >= 0.6 is 0 Å². The zero-order valence-electron chi connectivity index (χ0n) is 21.6. The number of carbonyl (C=O) groups is 1. The summed E-state index contributed by atoms with van der Waals surface area (Å²) < 4.78 is 2.16. The minimum atomic E-state index is 0.0755. The topological polar surface area (TPSA) is 37.6 Å². The van der Waals surface area contributed by atoms with Crippen LogP contribution in [0.3, 0.4) is 0 Å². The summed E-state index contributed by atoms with van der Waals surface area (Å²) in [6.07, 6.45) is 2.90. The highest BCUT2D eigenvalue weighted by Gasteiger charge is 2.20. The van der Waals surface area contributed by atoms with Gasteiger partial charge in [0.25, 0.3) is 0 Å². The maximum atomic E-state index is 12.2. The van der Waals surface area contributed by atoms with E-state index in [4.69, 9.17) is 0 Å². The number of aromatic nitrogens is 1. The lowest BCUT2D eigenvalue weighted by atomic mass is 10.1. The van der Waals surface area contributed by atoms with Gasteiger partial charge in [-0.05, 0) is 66.2 Å². The molecule has 1 aromatic heterocycles. The number of carbonyl (C=O) groups excluding carboxylic acids is 1. The van der Waals surface area contributed by atoms with Crippen LogP contribution in [0, 0.1) is 27.7 Å². The van der Waals surface area contributed by atoms with E-state index in [0.717, 1.165) is 47.7 Å². The predicted octanol–water partition coefficient (Wildman–Crippen LogP) is 6.89. The third kappa shape index (κ3) is 6.44. The quantitative estimate of drug-likeness (QED) is 0.293. The smallest absolute Gasteiger partial charge is 0.162 e. The molecule has 0 radical (unpaired) electrons. The van der Waals surface area contributed by atoms with Gasteiger partial charge in [-0.2, -0.15) is 0 Å². The maximum absolute atomic E-state index is 12.2. The highest BCUT2D eigenvalue weighted by atomic mass is 16.1. The molecule has 0 aliphatic heterocycles. The number of Topliss-reactive ketones (excluding diaryl/α,β-unsaturated/α-hetero) is 1. The van der Waals surface area contributed by atoms with Gasteiger partial charge in [0.1, 0.15) is 0 Å². The predicted molar refractivity (Wildman–Crippen MR) is 143 cm³/mol. The monoisotopic (exact) mass is 445 g/mol. The minimum absolute atomic E-state index is 0.0755. The summed E-state index contributed by atoms with van der Waals surface area (Å²) in [6.45, 7) is 16.3. The number of hydrogen-bond acceptors (Lipinski definition) is 3. The van der Waals surface area contributed by atoms with E-state index in [-0.39, 0.29) is 5.78 Å². The Morgan fingerprint density at radius 1 is 0.970 bits per heavy atom. The molecule has 0 atom stereocenters. The third-order valence-corrected chi connectivity index (χ3v) is 5.85. The van der Waals surface area contributed by atoms with Crippen molar-refractivity contribution < 1.29 is 4.79 Å². The number of aliphatic imine (C=N–C) groups is 1. The first kappa shape index (κ1) is 26.1. The Balaban J connectivity index is 0.000000405.